The Labute approximate surface area is 120 Å². The van der Waals surface area contributed by atoms with Crippen LogP contribution >= 0.6 is 0 Å². The van der Waals surface area contributed by atoms with E-state index < -0.39 is 0 Å². The van der Waals surface area contributed by atoms with Crippen molar-refractivity contribution in [2.45, 2.75) is 32.9 Å². The first kappa shape index (κ1) is 13.2. The largest absolute Gasteiger partial charge is 0.493 e. The van der Waals surface area contributed by atoms with E-state index in [0.717, 1.165) is 25.3 Å². The second-order valence-electron chi connectivity index (χ2n) is 5.60. The molecule has 0 aromatic heterocycles. The van der Waals surface area contributed by atoms with Gasteiger partial charge in [-0.15, -0.1) is 0 Å². The molecule has 1 aliphatic rings. The molecule has 0 radical (unpaired) electrons. The third-order valence-corrected chi connectivity index (χ3v) is 3.88. The molecular formula is C18H21NO. The summed E-state index contributed by atoms with van der Waals surface area (Å²) >= 11 is 0. The summed E-state index contributed by atoms with van der Waals surface area (Å²) in [7, 11) is 0. The molecule has 0 amide bonds. The standard InChI is InChI=1S/C18H21NO/c1-13-3-6-15(7-4-13)12-19-17-9-10-20-18-8-5-14(2)11-16(17)18/h3-8,11,17,19H,9-10,12H2,1-2H3. The third kappa shape index (κ3) is 2.86. The molecule has 2 nitrogen and oxygen atoms in total. The molecule has 0 saturated heterocycles. The zero-order chi connectivity index (χ0) is 13.9. The second kappa shape index (κ2) is 5.68. The molecule has 1 N–H and O–H groups in total. The number of nitrogens with one attached hydrogen (secondary N) is 1. The van der Waals surface area contributed by atoms with Crippen LogP contribution in [-0.2, 0) is 6.54 Å². The van der Waals surface area contributed by atoms with E-state index >= 15 is 0 Å². The topological polar surface area (TPSA) is 21.3 Å². The summed E-state index contributed by atoms with van der Waals surface area (Å²) in [6.07, 6.45) is 1.03. The second-order valence-corrected chi connectivity index (χ2v) is 5.60. The molecule has 3 rings (SSSR count). The van der Waals surface area contributed by atoms with Crippen LogP contribution in [0, 0.1) is 13.8 Å². The lowest BCUT2D eigenvalue weighted by atomic mass is 9.98. The fourth-order valence-corrected chi connectivity index (χ4v) is 2.67. The van der Waals surface area contributed by atoms with Gasteiger partial charge in [-0.2, -0.15) is 0 Å². The minimum Gasteiger partial charge on any atom is -0.493 e. The number of aryl methyl sites for hydroxylation is 2. The Morgan fingerprint density at radius 3 is 2.60 bits per heavy atom. The summed E-state index contributed by atoms with van der Waals surface area (Å²) in [5, 5.41) is 3.66. The molecule has 1 unspecified atom stereocenters. The van der Waals surface area contributed by atoms with Crippen LogP contribution in [0.15, 0.2) is 42.5 Å². The predicted octanol–water partition coefficient (Wildman–Crippen LogP) is 3.92. The first-order valence-electron chi connectivity index (χ1n) is 7.24. The molecule has 0 fully saturated rings. The Kier molecular flexibility index (Phi) is 3.75. The van der Waals surface area contributed by atoms with Crippen LogP contribution in [-0.4, -0.2) is 6.61 Å². The maximum absolute atomic E-state index is 5.74. The average molecular weight is 267 g/mol. The van der Waals surface area contributed by atoms with Crippen molar-refractivity contribution >= 4 is 0 Å². The zero-order valence-electron chi connectivity index (χ0n) is 12.1. The predicted molar refractivity (Wildman–Crippen MR) is 82.1 cm³/mol. The molecule has 20 heavy (non-hydrogen) atoms. The summed E-state index contributed by atoms with van der Waals surface area (Å²) in [6.45, 7) is 5.95. The highest BCUT2D eigenvalue weighted by molar-refractivity contribution is 5.40. The van der Waals surface area contributed by atoms with Crippen LogP contribution in [0.1, 0.15) is 34.7 Å². The molecule has 0 aliphatic carbocycles. The van der Waals surface area contributed by atoms with Gasteiger partial charge in [-0.05, 0) is 25.5 Å². The van der Waals surface area contributed by atoms with E-state index in [9.17, 15) is 0 Å². The van der Waals surface area contributed by atoms with Crippen molar-refractivity contribution in [3.05, 3.63) is 64.7 Å². The van der Waals surface area contributed by atoms with Crippen LogP contribution in [0.3, 0.4) is 0 Å². The molecule has 1 atom stereocenters. The minimum absolute atomic E-state index is 0.389. The lowest BCUT2D eigenvalue weighted by molar-refractivity contribution is 0.252. The third-order valence-electron chi connectivity index (χ3n) is 3.88. The van der Waals surface area contributed by atoms with Crippen molar-refractivity contribution in [1.29, 1.82) is 0 Å². The lowest BCUT2D eigenvalue weighted by Crippen LogP contribution is -2.26. The summed E-state index contributed by atoms with van der Waals surface area (Å²) in [4.78, 5) is 0. The van der Waals surface area contributed by atoms with Gasteiger partial charge in [-0.3, -0.25) is 0 Å². The summed E-state index contributed by atoms with van der Waals surface area (Å²) in [5.41, 5.74) is 5.22. The molecular weight excluding hydrogens is 246 g/mol. The SMILES string of the molecule is Cc1ccc(CNC2CCOc3ccc(C)cc32)cc1. The van der Waals surface area contributed by atoms with Gasteiger partial charge in [-0.1, -0.05) is 47.5 Å². The molecule has 1 aliphatic heterocycles. The van der Waals surface area contributed by atoms with Crippen molar-refractivity contribution in [1.82, 2.24) is 5.32 Å². The van der Waals surface area contributed by atoms with Crippen molar-refractivity contribution < 1.29 is 4.74 Å². The monoisotopic (exact) mass is 267 g/mol. The number of hydrogen-bond donors (Lipinski definition) is 1. The molecule has 0 bridgehead atoms. The van der Waals surface area contributed by atoms with Gasteiger partial charge in [0.2, 0.25) is 0 Å². The van der Waals surface area contributed by atoms with Crippen LogP contribution in [0.4, 0.5) is 0 Å². The Hall–Kier alpha value is -1.80. The van der Waals surface area contributed by atoms with Gasteiger partial charge in [0.1, 0.15) is 5.75 Å². The number of ether oxygens (including phenoxy) is 1. The Balaban J connectivity index is 1.73. The number of rotatable bonds is 3. The van der Waals surface area contributed by atoms with Crippen LogP contribution in [0.5, 0.6) is 5.75 Å². The Morgan fingerprint density at radius 2 is 1.80 bits per heavy atom. The van der Waals surface area contributed by atoms with E-state index in [2.05, 4.69) is 61.6 Å². The van der Waals surface area contributed by atoms with Crippen LogP contribution in [0.2, 0.25) is 0 Å². The molecule has 2 heteroatoms. The molecule has 0 spiro atoms. The fourth-order valence-electron chi connectivity index (χ4n) is 2.67. The maximum Gasteiger partial charge on any atom is 0.124 e. The number of fused-ring (bicyclic) bond motifs is 1. The molecule has 1 heterocycles. The van der Waals surface area contributed by atoms with E-state index in [-0.39, 0.29) is 0 Å². The highest BCUT2D eigenvalue weighted by Crippen LogP contribution is 2.32. The van der Waals surface area contributed by atoms with Gasteiger partial charge in [-0.25, -0.2) is 0 Å². The van der Waals surface area contributed by atoms with E-state index in [1.54, 1.807) is 0 Å². The molecule has 2 aromatic carbocycles. The quantitative estimate of drug-likeness (QED) is 0.910. The smallest absolute Gasteiger partial charge is 0.124 e. The first-order valence-corrected chi connectivity index (χ1v) is 7.24. The number of hydrogen-bond acceptors (Lipinski definition) is 2. The van der Waals surface area contributed by atoms with Crippen molar-refractivity contribution in [2.75, 3.05) is 6.61 Å². The van der Waals surface area contributed by atoms with Crippen molar-refractivity contribution in [3.63, 3.8) is 0 Å². The molecule has 0 saturated carbocycles. The van der Waals surface area contributed by atoms with E-state index in [4.69, 9.17) is 4.74 Å². The Morgan fingerprint density at radius 1 is 1.05 bits per heavy atom. The van der Waals surface area contributed by atoms with Gasteiger partial charge in [0.25, 0.3) is 0 Å². The summed E-state index contributed by atoms with van der Waals surface area (Å²) in [5.74, 6) is 1.03. The normalized spacial score (nSPS) is 17.4. The van der Waals surface area contributed by atoms with E-state index in [0.29, 0.717) is 6.04 Å². The van der Waals surface area contributed by atoms with Gasteiger partial charge < -0.3 is 10.1 Å². The van der Waals surface area contributed by atoms with Gasteiger partial charge >= 0.3 is 0 Å². The van der Waals surface area contributed by atoms with Gasteiger partial charge in [0.05, 0.1) is 6.61 Å². The van der Waals surface area contributed by atoms with Crippen molar-refractivity contribution in [3.8, 4) is 5.75 Å². The van der Waals surface area contributed by atoms with E-state index in [1.807, 2.05) is 0 Å². The van der Waals surface area contributed by atoms with Crippen LogP contribution < -0.4 is 10.1 Å². The van der Waals surface area contributed by atoms with Gasteiger partial charge in [0, 0.05) is 24.6 Å². The fraction of sp³-hybridized carbons (Fsp3) is 0.333. The number of benzene rings is 2. The molecule has 2 aromatic rings. The van der Waals surface area contributed by atoms with E-state index in [1.165, 1.54) is 22.3 Å². The molecule has 104 valence electrons. The summed E-state index contributed by atoms with van der Waals surface area (Å²) < 4.78 is 5.74. The van der Waals surface area contributed by atoms with Crippen molar-refractivity contribution in [2.24, 2.45) is 0 Å². The highest BCUT2D eigenvalue weighted by Gasteiger charge is 2.20. The average Bonchev–Trinajstić information content (AvgIpc) is 2.47. The zero-order valence-corrected chi connectivity index (χ0v) is 12.1. The van der Waals surface area contributed by atoms with Crippen LogP contribution in [0.25, 0.3) is 0 Å². The highest BCUT2D eigenvalue weighted by atomic mass is 16.5. The Bertz CT molecular complexity index is 589. The van der Waals surface area contributed by atoms with Gasteiger partial charge in [0.15, 0.2) is 0 Å². The first-order chi connectivity index (χ1) is 9.72. The lowest BCUT2D eigenvalue weighted by Gasteiger charge is -2.27. The summed E-state index contributed by atoms with van der Waals surface area (Å²) in [6, 6.07) is 15.5. The maximum atomic E-state index is 5.74. The minimum atomic E-state index is 0.389.